The van der Waals surface area contributed by atoms with E-state index >= 15 is 0 Å². The number of carbonyl (C=O) groups is 1. The van der Waals surface area contributed by atoms with E-state index in [1.807, 2.05) is 19.1 Å². The molecule has 1 aromatic heterocycles. The Kier molecular flexibility index (Phi) is 4.72. The first-order valence-corrected chi connectivity index (χ1v) is 8.15. The van der Waals surface area contributed by atoms with E-state index in [1.54, 1.807) is 6.20 Å². The van der Waals surface area contributed by atoms with E-state index in [0.717, 1.165) is 25.2 Å². The van der Waals surface area contributed by atoms with Gasteiger partial charge in [-0.05, 0) is 43.5 Å². The van der Waals surface area contributed by atoms with Crippen molar-refractivity contribution in [1.29, 1.82) is 0 Å². The Morgan fingerprint density at radius 3 is 2.78 bits per heavy atom. The molecule has 3 rings (SSSR count). The van der Waals surface area contributed by atoms with Gasteiger partial charge in [0.25, 0.3) is 5.91 Å². The summed E-state index contributed by atoms with van der Waals surface area (Å²) in [4.78, 5) is 18.8. The first-order chi connectivity index (χ1) is 11.1. The number of nitrogens with one attached hydrogen (secondary N) is 1. The molecular formula is C19H23N3O. The maximum absolute atomic E-state index is 12.2. The molecule has 4 nitrogen and oxygen atoms in total. The Balaban J connectivity index is 1.55. The summed E-state index contributed by atoms with van der Waals surface area (Å²) in [7, 11) is 0. The van der Waals surface area contributed by atoms with Crippen molar-refractivity contribution in [2.24, 2.45) is 0 Å². The number of hydrogen-bond acceptors (Lipinski definition) is 3. The molecule has 1 amide bonds. The van der Waals surface area contributed by atoms with Gasteiger partial charge in [0, 0.05) is 37.6 Å². The van der Waals surface area contributed by atoms with Gasteiger partial charge >= 0.3 is 0 Å². The minimum atomic E-state index is -0.0539. The molecule has 0 spiro atoms. The number of aromatic nitrogens is 1. The summed E-state index contributed by atoms with van der Waals surface area (Å²) in [5.41, 5.74) is 4.39. The third kappa shape index (κ3) is 3.77. The first-order valence-electron chi connectivity index (χ1n) is 8.15. The van der Waals surface area contributed by atoms with Crippen LogP contribution in [-0.4, -0.2) is 34.9 Å². The van der Waals surface area contributed by atoms with E-state index in [9.17, 15) is 4.79 Å². The molecule has 1 atom stereocenters. The second-order valence-electron chi connectivity index (χ2n) is 6.24. The zero-order chi connectivity index (χ0) is 16.2. The number of rotatable bonds is 4. The highest BCUT2D eigenvalue weighted by Crippen LogP contribution is 2.19. The highest BCUT2D eigenvalue weighted by molar-refractivity contribution is 5.93. The molecule has 0 radical (unpaired) electrons. The van der Waals surface area contributed by atoms with Crippen molar-refractivity contribution in [3.63, 3.8) is 0 Å². The van der Waals surface area contributed by atoms with Gasteiger partial charge in [-0.2, -0.15) is 0 Å². The molecule has 4 heteroatoms. The number of carbonyl (C=O) groups excluding carboxylic acids is 1. The van der Waals surface area contributed by atoms with Crippen molar-refractivity contribution in [2.75, 3.05) is 13.1 Å². The van der Waals surface area contributed by atoms with Crippen LogP contribution in [0.4, 0.5) is 0 Å². The predicted molar refractivity (Wildman–Crippen MR) is 91.3 cm³/mol. The first kappa shape index (κ1) is 15.7. The Hall–Kier alpha value is -2.20. The SMILES string of the molecule is Cc1ccc(C(=O)NCC(C)N2CCc3ccccc3C2)cn1. The van der Waals surface area contributed by atoms with E-state index in [2.05, 4.69) is 46.4 Å². The number of hydrogen-bond donors (Lipinski definition) is 1. The molecule has 2 aromatic rings. The number of pyridine rings is 1. The van der Waals surface area contributed by atoms with Gasteiger partial charge in [-0.25, -0.2) is 0 Å². The van der Waals surface area contributed by atoms with Crippen LogP contribution in [0.1, 0.15) is 34.1 Å². The molecular weight excluding hydrogens is 286 g/mol. The van der Waals surface area contributed by atoms with Gasteiger partial charge < -0.3 is 5.32 Å². The summed E-state index contributed by atoms with van der Waals surface area (Å²) < 4.78 is 0. The molecule has 1 N–H and O–H groups in total. The zero-order valence-electron chi connectivity index (χ0n) is 13.7. The quantitative estimate of drug-likeness (QED) is 0.944. The van der Waals surface area contributed by atoms with Crippen molar-refractivity contribution in [3.8, 4) is 0 Å². The van der Waals surface area contributed by atoms with E-state index in [0.29, 0.717) is 18.2 Å². The standard InChI is InChI=1S/C19H23N3O/c1-14-7-8-17(12-20-14)19(23)21-11-15(2)22-10-9-16-5-3-4-6-18(16)13-22/h3-8,12,15H,9-11,13H2,1-2H3,(H,21,23). The summed E-state index contributed by atoms with van der Waals surface area (Å²) in [6, 6.07) is 12.6. The molecule has 120 valence electrons. The molecule has 23 heavy (non-hydrogen) atoms. The number of fused-ring (bicyclic) bond motifs is 1. The highest BCUT2D eigenvalue weighted by Gasteiger charge is 2.20. The molecule has 0 aliphatic carbocycles. The van der Waals surface area contributed by atoms with Crippen LogP contribution in [0.2, 0.25) is 0 Å². The lowest BCUT2D eigenvalue weighted by atomic mass is 9.99. The van der Waals surface area contributed by atoms with E-state index < -0.39 is 0 Å². The highest BCUT2D eigenvalue weighted by atomic mass is 16.1. The second-order valence-corrected chi connectivity index (χ2v) is 6.24. The van der Waals surface area contributed by atoms with Gasteiger partial charge in [-0.15, -0.1) is 0 Å². The molecule has 2 heterocycles. The fraction of sp³-hybridized carbons (Fsp3) is 0.368. The van der Waals surface area contributed by atoms with E-state index in [1.165, 1.54) is 11.1 Å². The summed E-state index contributed by atoms with van der Waals surface area (Å²) in [6.45, 7) is 6.73. The van der Waals surface area contributed by atoms with Crippen molar-refractivity contribution >= 4 is 5.91 Å². The topological polar surface area (TPSA) is 45.2 Å². The Morgan fingerprint density at radius 2 is 2.04 bits per heavy atom. The monoisotopic (exact) mass is 309 g/mol. The molecule has 0 fully saturated rings. The van der Waals surface area contributed by atoms with Crippen LogP contribution in [0, 0.1) is 6.92 Å². The average Bonchev–Trinajstić information content (AvgIpc) is 2.59. The van der Waals surface area contributed by atoms with Crippen LogP contribution in [0.3, 0.4) is 0 Å². The van der Waals surface area contributed by atoms with Gasteiger partial charge in [0.1, 0.15) is 0 Å². The van der Waals surface area contributed by atoms with Gasteiger partial charge in [0.05, 0.1) is 5.56 Å². The Bertz CT molecular complexity index is 681. The Morgan fingerprint density at radius 1 is 1.26 bits per heavy atom. The maximum Gasteiger partial charge on any atom is 0.252 e. The summed E-state index contributed by atoms with van der Waals surface area (Å²) >= 11 is 0. The minimum Gasteiger partial charge on any atom is -0.350 e. The molecule has 1 unspecified atom stereocenters. The van der Waals surface area contributed by atoms with Gasteiger partial charge in [0.2, 0.25) is 0 Å². The predicted octanol–water partition coefficient (Wildman–Crippen LogP) is 2.57. The lowest BCUT2D eigenvalue weighted by molar-refractivity contribution is 0.0932. The van der Waals surface area contributed by atoms with Gasteiger partial charge in [-0.1, -0.05) is 24.3 Å². The summed E-state index contributed by atoms with van der Waals surface area (Å²) in [5, 5.41) is 3.02. The van der Waals surface area contributed by atoms with E-state index in [4.69, 9.17) is 0 Å². The number of benzene rings is 1. The fourth-order valence-electron chi connectivity index (χ4n) is 2.97. The summed E-state index contributed by atoms with van der Waals surface area (Å²) in [6.07, 6.45) is 2.71. The lowest BCUT2D eigenvalue weighted by Crippen LogP contribution is -2.44. The average molecular weight is 309 g/mol. The van der Waals surface area contributed by atoms with Crippen LogP contribution >= 0.6 is 0 Å². The van der Waals surface area contributed by atoms with Gasteiger partial charge in [-0.3, -0.25) is 14.7 Å². The number of amides is 1. The molecule has 1 aliphatic heterocycles. The van der Waals surface area contributed by atoms with Crippen LogP contribution in [-0.2, 0) is 13.0 Å². The molecule has 1 aromatic carbocycles. The third-order valence-corrected chi connectivity index (χ3v) is 4.52. The minimum absolute atomic E-state index is 0.0539. The smallest absolute Gasteiger partial charge is 0.252 e. The van der Waals surface area contributed by atoms with Crippen LogP contribution in [0.15, 0.2) is 42.6 Å². The summed E-state index contributed by atoms with van der Waals surface area (Å²) in [5.74, 6) is -0.0539. The third-order valence-electron chi connectivity index (χ3n) is 4.52. The van der Waals surface area contributed by atoms with Crippen LogP contribution in [0.5, 0.6) is 0 Å². The molecule has 0 bridgehead atoms. The molecule has 0 saturated carbocycles. The normalized spacial score (nSPS) is 15.7. The number of aryl methyl sites for hydroxylation is 1. The number of nitrogens with zero attached hydrogens (tertiary/aromatic N) is 2. The second kappa shape index (κ2) is 6.92. The molecule has 1 aliphatic rings. The van der Waals surface area contributed by atoms with Crippen LogP contribution in [0.25, 0.3) is 0 Å². The zero-order valence-corrected chi connectivity index (χ0v) is 13.7. The maximum atomic E-state index is 12.2. The van der Waals surface area contributed by atoms with Crippen molar-refractivity contribution in [3.05, 3.63) is 65.0 Å². The Labute approximate surface area is 137 Å². The van der Waals surface area contributed by atoms with Gasteiger partial charge in [0.15, 0.2) is 0 Å². The lowest BCUT2D eigenvalue weighted by Gasteiger charge is -2.33. The largest absolute Gasteiger partial charge is 0.350 e. The fourth-order valence-corrected chi connectivity index (χ4v) is 2.97. The molecule has 0 saturated heterocycles. The van der Waals surface area contributed by atoms with Crippen molar-refractivity contribution in [1.82, 2.24) is 15.2 Å². The van der Waals surface area contributed by atoms with Crippen LogP contribution < -0.4 is 5.32 Å². The van der Waals surface area contributed by atoms with E-state index in [-0.39, 0.29) is 5.91 Å². The van der Waals surface area contributed by atoms with Crippen molar-refractivity contribution < 1.29 is 4.79 Å². The van der Waals surface area contributed by atoms with Crippen molar-refractivity contribution in [2.45, 2.75) is 32.9 Å².